The molecule has 0 atom stereocenters. The monoisotopic (exact) mass is 862 g/mol. The molecule has 0 aliphatic heterocycles. The number of nitrogens with zero attached hydrogens (tertiary/aromatic N) is 4. The summed E-state index contributed by atoms with van der Waals surface area (Å²) in [4.78, 5) is 15.7. The Morgan fingerprint density at radius 1 is 0.409 bits per heavy atom. The molecule has 13 aromatic rings. The van der Waals surface area contributed by atoms with Crippen LogP contribution in [-0.2, 0) is 5.41 Å². The molecule has 0 spiro atoms. The highest BCUT2D eigenvalue weighted by atomic mass is 32.1. The summed E-state index contributed by atoms with van der Waals surface area (Å²) in [5.41, 5.74) is 15.2. The van der Waals surface area contributed by atoms with E-state index in [2.05, 4.69) is 182 Å². The van der Waals surface area contributed by atoms with Crippen molar-refractivity contribution in [1.82, 2.24) is 19.5 Å². The summed E-state index contributed by atoms with van der Waals surface area (Å²) >= 11 is 1.85. The fraction of sp³-hybridized carbons (Fsp3) is 0.0500. The fourth-order valence-electron chi connectivity index (χ4n) is 10.8. The number of rotatable bonds is 5. The van der Waals surface area contributed by atoms with Gasteiger partial charge in [-0.05, 0) is 88.0 Å². The Morgan fingerprint density at radius 2 is 1.03 bits per heavy atom. The minimum absolute atomic E-state index is 0.161. The van der Waals surface area contributed by atoms with Gasteiger partial charge in [0.15, 0.2) is 17.5 Å². The Morgan fingerprint density at radius 3 is 1.85 bits per heavy atom. The Labute approximate surface area is 383 Å². The number of aromatic nitrogens is 4. The van der Waals surface area contributed by atoms with Gasteiger partial charge < -0.3 is 8.98 Å². The summed E-state index contributed by atoms with van der Waals surface area (Å²) in [5.74, 6) is 1.86. The molecule has 0 unspecified atom stereocenters. The highest BCUT2D eigenvalue weighted by Crippen LogP contribution is 2.50. The molecule has 0 radical (unpaired) electrons. The molecule has 0 bridgehead atoms. The van der Waals surface area contributed by atoms with E-state index in [1.807, 2.05) is 41.7 Å². The van der Waals surface area contributed by atoms with Crippen LogP contribution in [-0.4, -0.2) is 19.5 Å². The lowest BCUT2D eigenvalue weighted by molar-refractivity contribution is 0.660. The molecule has 4 aromatic heterocycles. The van der Waals surface area contributed by atoms with E-state index in [4.69, 9.17) is 19.4 Å². The van der Waals surface area contributed by atoms with Crippen molar-refractivity contribution < 1.29 is 4.42 Å². The second kappa shape index (κ2) is 13.9. The van der Waals surface area contributed by atoms with Crippen molar-refractivity contribution in [3.8, 4) is 62.1 Å². The van der Waals surface area contributed by atoms with Gasteiger partial charge in [-0.1, -0.05) is 153 Å². The lowest BCUT2D eigenvalue weighted by Gasteiger charge is -2.21. The first kappa shape index (κ1) is 37.2. The van der Waals surface area contributed by atoms with E-state index >= 15 is 0 Å². The van der Waals surface area contributed by atoms with Crippen LogP contribution in [0.4, 0.5) is 0 Å². The summed E-state index contributed by atoms with van der Waals surface area (Å²) in [6, 6.07) is 69.4. The molecule has 0 amide bonds. The van der Waals surface area contributed by atoms with Crippen molar-refractivity contribution in [3.63, 3.8) is 0 Å². The number of thiophene rings is 1. The summed E-state index contributed by atoms with van der Waals surface area (Å²) < 4.78 is 11.6. The smallest absolute Gasteiger partial charge is 0.164 e. The Hall–Kier alpha value is -8.19. The van der Waals surface area contributed by atoms with E-state index < -0.39 is 0 Å². The Kier molecular flexibility index (Phi) is 7.84. The maximum atomic E-state index is 6.66. The zero-order valence-electron chi connectivity index (χ0n) is 36.1. The van der Waals surface area contributed by atoms with E-state index in [9.17, 15) is 0 Å². The average Bonchev–Trinajstić information content (AvgIpc) is 4.10. The molecular formula is C60H38N4OS. The lowest BCUT2D eigenvalue weighted by Crippen LogP contribution is -2.15. The Bertz CT molecular complexity index is 4100. The number of benzene rings is 9. The van der Waals surface area contributed by atoms with Crippen molar-refractivity contribution in [2.75, 3.05) is 0 Å². The topological polar surface area (TPSA) is 56.7 Å². The standard InChI is InChI=1S/C60H38N4OS/c1-60(2)45-22-9-6-17-39(45)40-31-29-37(34-46(40)60)58-61-57(35-15-4-3-5-16-35)62-59(63-58)43-21-12-26-51-54(43)44-33-36(30-32-50(44)65-51)38-20-13-27-52-55(38)56-49(25-14-28-53(56)66-52)64-47-23-10-7-18-41(47)42-19-8-11-24-48(42)64/h3-34H,1-2H3. The van der Waals surface area contributed by atoms with Crippen LogP contribution < -0.4 is 0 Å². The van der Waals surface area contributed by atoms with Crippen molar-refractivity contribution >= 4 is 75.3 Å². The normalized spacial score (nSPS) is 13.1. The minimum Gasteiger partial charge on any atom is -0.456 e. The molecule has 310 valence electrons. The molecule has 66 heavy (non-hydrogen) atoms. The fourth-order valence-corrected chi connectivity index (χ4v) is 12.0. The van der Waals surface area contributed by atoms with Gasteiger partial charge in [-0.25, -0.2) is 15.0 Å². The third-order valence-corrected chi connectivity index (χ3v) is 15.0. The number of hydrogen-bond acceptors (Lipinski definition) is 5. The molecule has 0 saturated heterocycles. The SMILES string of the molecule is CC1(C)c2ccccc2-c2ccc(-c3nc(-c4ccccc4)nc(-c4cccc5oc6ccc(-c7cccc8sc9cccc(-n%10c%11ccccc%11c%11ccccc%11%10)c9c78)cc6c45)n3)cc21. The van der Waals surface area contributed by atoms with Crippen molar-refractivity contribution in [2.24, 2.45) is 0 Å². The van der Waals surface area contributed by atoms with E-state index in [1.54, 1.807) is 0 Å². The zero-order chi connectivity index (χ0) is 43.7. The van der Waals surface area contributed by atoms with Crippen LogP contribution in [0.2, 0.25) is 0 Å². The first-order valence-electron chi connectivity index (χ1n) is 22.4. The molecule has 0 saturated carbocycles. The Balaban J connectivity index is 0.969. The van der Waals surface area contributed by atoms with Gasteiger partial charge in [-0.2, -0.15) is 0 Å². The zero-order valence-corrected chi connectivity index (χ0v) is 36.9. The van der Waals surface area contributed by atoms with Gasteiger partial charge in [0.1, 0.15) is 11.2 Å². The van der Waals surface area contributed by atoms with Gasteiger partial charge in [0.2, 0.25) is 0 Å². The maximum Gasteiger partial charge on any atom is 0.164 e. The van der Waals surface area contributed by atoms with Gasteiger partial charge >= 0.3 is 0 Å². The van der Waals surface area contributed by atoms with Crippen molar-refractivity contribution in [2.45, 2.75) is 19.3 Å². The van der Waals surface area contributed by atoms with Gasteiger partial charge in [-0.3, -0.25) is 0 Å². The molecule has 9 aromatic carbocycles. The molecule has 0 fully saturated rings. The van der Waals surface area contributed by atoms with Gasteiger partial charge in [-0.15, -0.1) is 11.3 Å². The predicted molar refractivity (Wildman–Crippen MR) is 274 cm³/mol. The van der Waals surface area contributed by atoms with E-state index in [1.165, 1.54) is 75.5 Å². The summed E-state index contributed by atoms with van der Waals surface area (Å²) in [7, 11) is 0. The first-order valence-corrected chi connectivity index (χ1v) is 23.2. The van der Waals surface area contributed by atoms with Crippen LogP contribution in [0.15, 0.2) is 199 Å². The third-order valence-electron chi connectivity index (χ3n) is 13.9. The largest absolute Gasteiger partial charge is 0.456 e. The minimum atomic E-state index is -0.161. The molecule has 1 aliphatic rings. The molecule has 0 N–H and O–H groups in total. The number of fused-ring (bicyclic) bond motifs is 12. The van der Waals surface area contributed by atoms with Gasteiger partial charge in [0.05, 0.1) is 16.7 Å². The molecule has 5 nitrogen and oxygen atoms in total. The molecule has 6 heteroatoms. The molecule has 4 heterocycles. The number of hydrogen-bond donors (Lipinski definition) is 0. The van der Waals surface area contributed by atoms with Crippen molar-refractivity contribution in [3.05, 3.63) is 205 Å². The first-order chi connectivity index (χ1) is 32.5. The van der Waals surface area contributed by atoms with Crippen LogP contribution >= 0.6 is 11.3 Å². The molecular weight excluding hydrogens is 825 g/mol. The highest BCUT2D eigenvalue weighted by Gasteiger charge is 2.35. The van der Waals surface area contributed by atoms with Crippen LogP contribution in [0.25, 0.3) is 126 Å². The summed E-state index contributed by atoms with van der Waals surface area (Å²) in [6.45, 7) is 4.61. The van der Waals surface area contributed by atoms with Crippen LogP contribution in [0.5, 0.6) is 0 Å². The van der Waals surface area contributed by atoms with Crippen LogP contribution in [0, 0.1) is 0 Å². The highest BCUT2D eigenvalue weighted by molar-refractivity contribution is 7.26. The maximum absolute atomic E-state index is 6.66. The second-order valence-electron chi connectivity index (χ2n) is 17.9. The average molecular weight is 863 g/mol. The summed E-state index contributed by atoms with van der Waals surface area (Å²) in [6.07, 6.45) is 0. The number of furan rings is 1. The van der Waals surface area contributed by atoms with E-state index in [-0.39, 0.29) is 5.41 Å². The predicted octanol–water partition coefficient (Wildman–Crippen LogP) is 16.2. The summed E-state index contributed by atoms with van der Waals surface area (Å²) in [5, 5.41) is 6.99. The second-order valence-corrected chi connectivity index (χ2v) is 19.0. The quantitative estimate of drug-likeness (QED) is 0.173. The van der Waals surface area contributed by atoms with Crippen molar-refractivity contribution in [1.29, 1.82) is 0 Å². The van der Waals surface area contributed by atoms with Crippen LogP contribution in [0.1, 0.15) is 25.0 Å². The van der Waals surface area contributed by atoms with Gasteiger partial charge in [0.25, 0.3) is 0 Å². The van der Waals surface area contributed by atoms with E-state index in [0.717, 1.165) is 44.2 Å². The van der Waals surface area contributed by atoms with Gasteiger partial charge in [0, 0.05) is 63.8 Å². The molecule has 14 rings (SSSR count). The van der Waals surface area contributed by atoms with Crippen LogP contribution in [0.3, 0.4) is 0 Å². The van der Waals surface area contributed by atoms with E-state index in [0.29, 0.717) is 17.5 Å². The third kappa shape index (κ3) is 5.36. The lowest BCUT2D eigenvalue weighted by atomic mass is 9.82. The molecule has 1 aliphatic carbocycles. The number of para-hydroxylation sites is 2.